The number of thiazole rings is 1. The number of rotatable bonds is 4. The summed E-state index contributed by atoms with van der Waals surface area (Å²) < 4.78 is 31.5. The fourth-order valence-electron chi connectivity index (χ4n) is 2.28. The molecule has 7 heteroatoms. The first-order valence-electron chi connectivity index (χ1n) is 7.35. The monoisotopic (exact) mass is 360 g/mol. The molecule has 128 valence electrons. The van der Waals surface area contributed by atoms with Crippen LogP contribution in [0.4, 0.5) is 13.9 Å². The number of halogens is 2. The highest BCUT2D eigenvalue weighted by atomic mass is 32.1. The van der Waals surface area contributed by atoms with Crippen LogP contribution in [0.15, 0.2) is 41.8 Å². The molecular weight excluding hydrogens is 346 g/mol. The van der Waals surface area contributed by atoms with E-state index in [4.69, 9.17) is 4.74 Å². The van der Waals surface area contributed by atoms with Gasteiger partial charge in [-0.1, -0.05) is 11.6 Å². The molecule has 0 spiro atoms. The number of ether oxygens (including phenoxy) is 1. The first-order valence-corrected chi connectivity index (χ1v) is 8.23. The van der Waals surface area contributed by atoms with Crippen molar-refractivity contribution in [3.63, 3.8) is 0 Å². The van der Waals surface area contributed by atoms with Crippen LogP contribution in [0.2, 0.25) is 0 Å². The Hall–Kier alpha value is -2.80. The van der Waals surface area contributed by atoms with Gasteiger partial charge < -0.3 is 4.74 Å². The molecule has 1 amide bonds. The van der Waals surface area contributed by atoms with Gasteiger partial charge in [-0.15, -0.1) is 11.3 Å². The summed E-state index contributed by atoms with van der Waals surface area (Å²) >= 11 is 1.23. The summed E-state index contributed by atoms with van der Waals surface area (Å²) in [5.41, 5.74) is 2.54. The van der Waals surface area contributed by atoms with E-state index in [2.05, 4.69) is 10.3 Å². The molecule has 0 saturated carbocycles. The Kier molecular flexibility index (Phi) is 4.76. The third-order valence-corrected chi connectivity index (χ3v) is 4.30. The number of carbonyl (C=O) groups excluding carboxylic acids is 1. The molecule has 1 N–H and O–H groups in total. The Labute approximate surface area is 147 Å². The van der Waals surface area contributed by atoms with Crippen molar-refractivity contribution >= 4 is 22.4 Å². The summed E-state index contributed by atoms with van der Waals surface area (Å²) in [5.74, 6) is -1.96. The average Bonchev–Trinajstić information content (AvgIpc) is 3.05. The molecule has 1 aromatic heterocycles. The predicted molar refractivity (Wildman–Crippen MR) is 93.2 cm³/mol. The molecule has 0 atom stereocenters. The number of aromatic nitrogens is 1. The van der Waals surface area contributed by atoms with Crippen LogP contribution >= 0.6 is 11.3 Å². The minimum Gasteiger partial charge on any atom is -0.496 e. The van der Waals surface area contributed by atoms with Crippen LogP contribution in [-0.2, 0) is 0 Å². The van der Waals surface area contributed by atoms with Gasteiger partial charge in [0.25, 0.3) is 5.91 Å². The van der Waals surface area contributed by atoms with E-state index in [1.54, 1.807) is 12.5 Å². The topological polar surface area (TPSA) is 51.2 Å². The molecule has 3 aromatic rings. The van der Waals surface area contributed by atoms with Crippen LogP contribution in [0.5, 0.6) is 5.75 Å². The van der Waals surface area contributed by atoms with Gasteiger partial charge in [0, 0.05) is 16.5 Å². The lowest BCUT2D eigenvalue weighted by molar-refractivity contribution is 0.102. The van der Waals surface area contributed by atoms with E-state index < -0.39 is 17.5 Å². The number of carbonyl (C=O) groups is 1. The number of benzene rings is 2. The zero-order valence-corrected chi connectivity index (χ0v) is 14.3. The quantitative estimate of drug-likeness (QED) is 0.736. The first kappa shape index (κ1) is 17.0. The summed E-state index contributed by atoms with van der Waals surface area (Å²) in [7, 11) is 1.58. The minimum absolute atomic E-state index is 0.0174. The summed E-state index contributed by atoms with van der Waals surface area (Å²) in [4.78, 5) is 16.5. The second-order valence-corrected chi connectivity index (χ2v) is 6.18. The lowest BCUT2D eigenvalue weighted by Crippen LogP contribution is -2.12. The molecule has 0 bridgehead atoms. The van der Waals surface area contributed by atoms with E-state index in [-0.39, 0.29) is 5.56 Å². The van der Waals surface area contributed by atoms with E-state index in [9.17, 15) is 13.6 Å². The molecule has 0 aliphatic rings. The highest BCUT2D eigenvalue weighted by molar-refractivity contribution is 7.14. The standard InChI is InChI=1S/C18H14F2N2O2S/c1-10-3-6-16(24-2)12(7-10)15-9-25-18(21-15)22-17(23)11-4-5-13(19)14(20)8-11/h3-9H,1-2H3,(H,21,22,23). The third-order valence-electron chi connectivity index (χ3n) is 3.54. The number of amides is 1. The van der Waals surface area contributed by atoms with Gasteiger partial charge in [0.1, 0.15) is 5.75 Å². The van der Waals surface area contributed by atoms with Gasteiger partial charge in [-0.05, 0) is 37.3 Å². The van der Waals surface area contributed by atoms with Crippen LogP contribution in [0.3, 0.4) is 0 Å². The van der Waals surface area contributed by atoms with Crippen molar-refractivity contribution in [3.05, 3.63) is 64.5 Å². The molecule has 3 rings (SSSR count). The van der Waals surface area contributed by atoms with E-state index >= 15 is 0 Å². The SMILES string of the molecule is COc1ccc(C)cc1-c1csc(NC(=O)c2ccc(F)c(F)c2)n1. The van der Waals surface area contributed by atoms with Gasteiger partial charge in [-0.25, -0.2) is 13.8 Å². The highest BCUT2D eigenvalue weighted by Crippen LogP contribution is 2.33. The number of methoxy groups -OCH3 is 1. The van der Waals surface area contributed by atoms with Crippen LogP contribution in [-0.4, -0.2) is 18.0 Å². The number of nitrogens with one attached hydrogen (secondary N) is 1. The van der Waals surface area contributed by atoms with Crippen molar-refractivity contribution in [2.75, 3.05) is 12.4 Å². The van der Waals surface area contributed by atoms with E-state index in [1.807, 2.05) is 25.1 Å². The zero-order valence-electron chi connectivity index (χ0n) is 13.5. The number of hydrogen-bond acceptors (Lipinski definition) is 4. The van der Waals surface area contributed by atoms with Gasteiger partial charge in [0.05, 0.1) is 12.8 Å². The molecule has 0 aliphatic heterocycles. The normalized spacial score (nSPS) is 10.6. The maximum absolute atomic E-state index is 13.2. The Morgan fingerprint density at radius 1 is 1.16 bits per heavy atom. The minimum atomic E-state index is -1.07. The lowest BCUT2D eigenvalue weighted by atomic mass is 10.1. The van der Waals surface area contributed by atoms with Crippen molar-refractivity contribution in [1.29, 1.82) is 0 Å². The van der Waals surface area contributed by atoms with Crippen molar-refractivity contribution in [1.82, 2.24) is 4.98 Å². The zero-order chi connectivity index (χ0) is 18.0. The Balaban J connectivity index is 1.83. The van der Waals surface area contributed by atoms with Crippen LogP contribution < -0.4 is 10.1 Å². The van der Waals surface area contributed by atoms with Gasteiger partial charge in [0.15, 0.2) is 16.8 Å². The number of aryl methyl sites for hydroxylation is 1. The second kappa shape index (κ2) is 6.98. The molecule has 0 unspecified atom stereocenters. The maximum Gasteiger partial charge on any atom is 0.257 e. The van der Waals surface area contributed by atoms with Gasteiger partial charge in [-0.2, -0.15) is 0 Å². The Bertz CT molecular complexity index is 941. The Morgan fingerprint density at radius 2 is 1.96 bits per heavy atom. The summed E-state index contributed by atoms with van der Waals surface area (Å²) in [6.45, 7) is 1.96. The fraction of sp³-hybridized carbons (Fsp3) is 0.111. The first-order chi connectivity index (χ1) is 12.0. The van der Waals surface area contributed by atoms with Gasteiger partial charge >= 0.3 is 0 Å². The van der Waals surface area contributed by atoms with Gasteiger partial charge in [0.2, 0.25) is 0 Å². The molecule has 0 radical (unpaired) electrons. The lowest BCUT2D eigenvalue weighted by Gasteiger charge is -2.07. The summed E-state index contributed by atoms with van der Waals surface area (Å²) in [5, 5.41) is 4.73. The van der Waals surface area contributed by atoms with E-state index in [0.717, 1.165) is 23.3 Å². The molecule has 2 aromatic carbocycles. The maximum atomic E-state index is 13.2. The number of nitrogens with zero attached hydrogens (tertiary/aromatic N) is 1. The van der Waals surface area contributed by atoms with Crippen LogP contribution in [0.25, 0.3) is 11.3 Å². The largest absolute Gasteiger partial charge is 0.496 e. The second-order valence-electron chi connectivity index (χ2n) is 5.32. The highest BCUT2D eigenvalue weighted by Gasteiger charge is 2.14. The van der Waals surface area contributed by atoms with Gasteiger partial charge in [-0.3, -0.25) is 10.1 Å². The molecule has 0 saturated heterocycles. The third kappa shape index (κ3) is 3.66. The fourth-order valence-corrected chi connectivity index (χ4v) is 2.99. The predicted octanol–water partition coefficient (Wildman–Crippen LogP) is 4.66. The smallest absolute Gasteiger partial charge is 0.257 e. The molecule has 1 heterocycles. The van der Waals surface area contributed by atoms with E-state index in [1.165, 1.54) is 17.4 Å². The summed E-state index contributed by atoms with van der Waals surface area (Å²) in [6, 6.07) is 8.70. The molecule has 0 fully saturated rings. The summed E-state index contributed by atoms with van der Waals surface area (Å²) in [6.07, 6.45) is 0. The number of anilines is 1. The van der Waals surface area contributed by atoms with Crippen molar-refractivity contribution in [2.24, 2.45) is 0 Å². The van der Waals surface area contributed by atoms with Crippen molar-refractivity contribution in [2.45, 2.75) is 6.92 Å². The number of hydrogen-bond donors (Lipinski definition) is 1. The Morgan fingerprint density at radius 3 is 2.68 bits per heavy atom. The molecule has 25 heavy (non-hydrogen) atoms. The molecule has 0 aliphatic carbocycles. The average molecular weight is 360 g/mol. The van der Waals surface area contributed by atoms with E-state index in [0.29, 0.717) is 16.6 Å². The molecule has 4 nitrogen and oxygen atoms in total. The van der Waals surface area contributed by atoms with Crippen LogP contribution in [0.1, 0.15) is 15.9 Å². The van der Waals surface area contributed by atoms with Crippen molar-refractivity contribution in [3.8, 4) is 17.0 Å². The van der Waals surface area contributed by atoms with Crippen LogP contribution in [0, 0.1) is 18.6 Å². The van der Waals surface area contributed by atoms with Crippen molar-refractivity contribution < 1.29 is 18.3 Å². The molecular formula is C18H14F2N2O2S.